The van der Waals surface area contributed by atoms with Crippen molar-refractivity contribution in [2.45, 2.75) is 51.4 Å². The topological polar surface area (TPSA) is 95.9 Å². The predicted octanol–water partition coefficient (Wildman–Crippen LogP) is 1.21. The van der Waals surface area contributed by atoms with Gasteiger partial charge in [-0.05, 0) is 32.3 Å². The largest absolute Gasteiger partial charge is 0.632 e. The minimum atomic E-state index is -1.68. The highest BCUT2D eigenvalue weighted by Gasteiger charge is 2.50. The molecule has 3 aliphatic rings. The predicted molar refractivity (Wildman–Crippen MR) is 88.9 cm³/mol. The summed E-state index contributed by atoms with van der Waals surface area (Å²) >= 11 is 0. The van der Waals surface area contributed by atoms with Crippen LogP contribution in [0.4, 0.5) is 0 Å². The Kier molecular flexibility index (Phi) is 4.51. The van der Waals surface area contributed by atoms with E-state index < -0.39 is 40.2 Å². The molecule has 138 valence electrons. The SMILES string of the molecule is CC1=CC(=O)OC2CC[N+]3([O-])CC=C(COC(=O)C(C)(O)C(C)C1)C23. The molecule has 3 rings (SSSR count). The molecule has 0 aliphatic carbocycles. The van der Waals surface area contributed by atoms with Gasteiger partial charge in [-0.3, -0.25) is 0 Å². The molecule has 1 fully saturated rings. The second-order valence-corrected chi connectivity index (χ2v) is 7.67. The van der Waals surface area contributed by atoms with Crippen molar-refractivity contribution in [3.8, 4) is 0 Å². The highest BCUT2D eigenvalue weighted by atomic mass is 16.6. The third-order valence-corrected chi connectivity index (χ3v) is 5.70. The molecule has 0 radical (unpaired) electrons. The molecule has 0 amide bonds. The van der Waals surface area contributed by atoms with Crippen LogP contribution in [0.3, 0.4) is 0 Å². The van der Waals surface area contributed by atoms with Gasteiger partial charge in [0.25, 0.3) is 0 Å². The van der Waals surface area contributed by atoms with Crippen LogP contribution in [0.2, 0.25) is 0 Å². The van der Waals surface area contributed by atoms with E-state index in [4.69, 9.17) is 9.47 Å². The number of hydrogen-bond donors (Lipinski definition) is 1. The summed E-state index contributed by atoms with van der Waals surface area (Å²) in [5.74, 6) is -1.64. The Labute approximate surface area is 147 Å². The summed E-state index contributed by atoms with van der Waals surface area (Å²) in [7, 11) is 0. The van der Waals surface area contributed by atoms with Crippen molar-refractivity contribution in [3.05, 3.63) is 28.5 Å². The molecule has 0 aromatic rings. The van der Waals surface area contributed by atoms with Gasteiger partial charge >= 0.3 is 11.9 Å². The molecule has 5 atom stereocenters. The van der Waals surface area contributed by atoms with Crippen LogP contribution < -0.4 is 0 Å². The first kappa shape index (κ1) is 18.1. The minimum Gasteiger partial charge on any atom is -0.632 e. The van der Waals surface area contributed by atoms with E-state index in [-0.39, 0.29) is 13.2 Å². The molecule has 7 nitrogen and oxygen atoms in total. The Morgan fingerprint density at radius 1 is 1.40 bits per heavy atom. The molecule has 1 N–H and O–H groups in total. The van der Waals surface area contributed by atoms with Gasteiger partial charge in [-0.15, -0.1) is 0 Å². The molecule has 0 aromatic carbocycles. The van der Waals surface area contributed by atoms with E-state index in [9.17, 15) is 19.9 Å². The van der Waals surface area contributed by atoms with Crippen LogP contribution in [-0.4, -0.2) is 59.1 Å². The zero-order valence-corrected chi connectivity index (χ0v) is 14.9. The van der Waals surface area contributed by atoms with Crippen molar-refractivity contribution in [2.24, 2.45) is 5.92 Å². The maximum atomic E-state index is 12.9. The zero-order chi connectivity index (χ0) is 18.4. The lowest BCUT2D eigenvalue weighted by atomic mass is 9.85. The van der Waals surface area contributed by atoms with E-state index in [0.717, 1.165) is 0 Å². The lowest BCUT2D eigenvalue weighted by Gasteiger charge is -2.40. The third kappa shape index (κ3) is 3.23. The number of nitrogens with zero attached hydrogens (tertiary/aromatic N) is 1. The van der Waals surface area contributed by atoms with Crippen LogP contribution >= 0.6 is 0 Å². The van der Waals surface area contributed by atoms with Crippen LogP contribution in [-0.2, 0) is 19.1 Å². The minimum absolute atomic E-state index is 0.0604. The first-order valence-corrected chi connectivity index (χ1v) is 8.67. The average Bonchev–Trinajstić information content (AvgIpc) is 3.00. The molecule has 0 saturated carbocycles. The van der Waals surface area contributed by atoms with Crippen LogP contribution in [0.5, 0.6) is 0 Å². The average molecular weight is 351 g/mol. The first-order chi connectivity index (χ1) is 11.6. The van der Waals surface area contributed by atoms with E-state index in [1.54, 1.807) is 19.9 Å². The van der Waals surface area contributed by atoms with Crippen LogP contribution in [0.1, 0.15) is 33.6 Å². The van der Waals surface area contributed by atoms with Gasteiger partial charge in [-0.1, -0.05) is 12.5 Å². The third-order valence-electron chi connectivity index (χ3n) is 5.70. The van der Waals surface area contributed by atoms with Crippen LogP contribution in [0, 0.1) is 11.1 Å². The van der Waals surface area contributed by atoms with Crippen molar-refractivity contribution in [1.29, 1.82) is 0 Å². The smallest absolute Gasteiger partial charge is 0.338 e. The summed E-state index contributed by atoms with van der Waals surface area (Å²) in [4.78, 5) is 24.6. The van der Waals surface area contributed by atoms with Gasteiger partial charge in [-0.25, -0.2) is 9.59 Å². The van der Waals surface area contributed by atoms with Gasteiger partial charge in [0.2, 0.25) is 0 Å². The zero-order valence-electron chi connectivity index (χ0n) is 14.9. The number of cyclic esters (lactones) is 1. The van der Waals surface area contributed by atoms with Crippen molar-refractivity contribution < 1.29 is 28.8 Å². The summed E-state index contributed by atoms with van der Waals surface area (Å²) in [5, 5.41) is 23.4. The summed E-state index contributed by atoms with van der Waals surface area (Å²) < 4.78 is 10.4. The maximum absolute atomic E-state index is 12.9. The molecule has 7 heteroatoms. The Bertz CT molecular complexity index is 652. The molecule has 3 aliphatic heterocycles. The molecule has 3 heterocycles. The number of rotatable bonds is 0. The van der Waals surface area contributed by atoms with Crippen LogP contribution in [0.25, 0.3) is 0 Å². The lowest BCUT2D eigenvalue weighted by Crippen LogP contribution is -2.48. The monoisotopic (exact) mass is 351 g/mol. The Morgan fingerprint density at radius 2 is 2.12 bits per heavy atom. The van der Waals surface area contributed by atoms with Gasteiger partial charge in [0.05, 0.1) is 13.1 Å². The first-order valence-electron chi connectivity index (χ1n) is 8.67. The molecule has 0 bridgehead atoms. The normalized spacial score (nSPS) is 42.2. The molecule has 0 aromatic heterocycles. The molecular weight excluding hydrogens is 326 g/mol. The maximum Gasteiger partial charge on any atom is 0.338 e. The van der Waals surface area contributed by atoms with Crippen molar-refractivity contribution in [1.82, 2.24) is 0 Å². The summed E-state index contributed by atoms with van der Waals surface area (Å²) in [6.45, 7) is 5.49. The van der Waals surface area contributed by atoms with E-state index in [1.165, 1.54) is 13.0 Å². The van der Waals surface area contributed by atoms with Crippen molar-refractivity contribution in [2.75, 3.05) is 19.7 Å². The summed E-state index contributed by atoms with van der Waals surface area (Å²) in [6.07, 6.45) is 3.48. The standard InChI is InChI=1S/C18H25NO6/c1-11-8-12(2)18(3,22)17(21)24-10-13-4-6-19(23)7-5-14(16(13)19)25-15(20)9-11/h4,9,12,14,16,22H,5-8,10H2,1-3H3. The second kappa shape index (κ2) is 6.23. The number of quaternary nitrogens is 1. The van der Waals surface area contributed by atoms with Crippen LogP contribution in [0.15, 0.2) is 23.3 Å². The Hall–Kier alpha value is -1.70. The lowest BCUT2D eigenvalue weighted by molar-refractivity contribution is -0.877. The number of allylic oxidation sites excluding steroid dienone is 1. The van der Waals surface area contributed by atoms with E-state index in [0.29, 0.717) is 30.5 Å². The van der Waals surface area contributed by atoms with E-state index >= 15 is 0 Å². The van der Waals surface area contributed by atoms with E-state index in [2.05, 4.69) is 0 Å². The fourth-order valence-corrected chi connectivity index (χ4v) is 3.97. The Morgan fingerprint density at radius 3 is 2.84 bits per heavy atom. The molecular formula is C18H25NO6. The number of ether oxygens (including phenoxy) is 2. The van der Waals surface area contributed by atoms with Gasteiger partial charge in [0.1, 0.15) is 6.61 Å². The number of carbonyl (C=O) groups is 2. The quantitative estimate of drug-likeness (QED) is 0.305. The molecule has 1 saturated heterocycles. The molecule has 5 unspecified atom stereocenters. The summed E-state index contributed by atoms with van der Waals surface area (Å²) in [5.41, 5.74) is -0.306. The fraction of sp³-hybridized carbons (Fsp3) is 0.667. The Balaban J connectivity index is 1.92. The number of hydrogen-bond acceptors (Lipinski definition) is 6. The van der Waals surface area contributed by atoms with Gasteiger partial charge in [0.15, 0.2) is 17.7 Å². The summed E-state index contributed by atoms with van der Waals surface area (Å²) in [6, 6.07) is -0.534. The van der Waals surface area contributed by atoms with Crippen molar-refractivity contribution in [3.63, 3.8) is 0 Å². The highest BCUT2D eigenvalue weighted by Crippen LogP contribution is 2.38. The van der Waals surface area contributed by atoms with Gasteiger partial charge < -0.3 is 24.4 Å². The molecule has 0 spiro atoms. The van der Waals surface area contributed by atoms with Crippen molar-refractivity contribution >= 4 is 11.9 Å². The fourth-order valence-electron chi connectivity index (χ4n) is 3.97. The number of hydroxylamine groups is 3. The number of aliphatic hydroxyl groups is 1. The highest BCUT2D eigenvalue weighted by molar-refractivity contribution is 5.83. The van der Waals surface area contributed by atoms with Gasteiger partial charge in [-0.2, -0.15) is 0 Å². The number of esters is 2. The van der Waals surface area contributed by atoms with E-state index in [1.807, 2.05) is 0 Å². The number of carbonyl (C=O) groups excluding carboxylic acids is 2. The second-order valence-electron chi connectivity index (χ2n) is 7.67. The van der Waals surface area contributed by atoms with Gasteiger partial charge in [0, 0.05) is 18.1 Å². The molecule has 25 heavy (non-hydrogen) atoms.